The molecule has 1 aliphatic rings. The molecule has 2 aromatic heterocycles. The van der Waals surface area contributed by atoms with Crippen LogP contribution >= 0.6 is 0 Å². The van der Waals surface area contributed by atoms with Gasteiger partial charge >= 0.3 is 0 Å². The largest absolute Gasteiger partial charge is 0.508 e. The highest BCUT2D eigenvalue weighted by atomic mass is 16.3. The topological polar surface area (TPSA) is 137 Å². The number of likely N-dealkylation sites (tertiary alicyclic amines) is 1. The average Bonchev–Trinajstić information content (AvgIpc) is 3.53. The Bertz CT molecular complexity index is 1410. The Balaban J connectivity index is 1.23. The lowest BCUT2D eigenvalue weighted by Crippen LogP contribution is -2.38. The van der Waals surface area contributed by atoms with Crippen LogP contribution in [0.5, 0.6) is 5.75 Å². The highest BCUT2D eigenvalue weighted by Crippen LogP contribution is 2.25. The van der Waals surface area contributed by atoms with Gasteiger partial charge in [0.05, 0.1) is 11.3 Å². The molecule has 1 fully saturated rings. The third-order valence-electron chi connectivity index (χ3n) is 6.45. The SMILES string of the molecule is Cc1n[nH]cc1-c1cnc(N)c(C(=O)N[C@@H]2CCN(C(=O)c3ccc(-c4ccc(O)cc4)cc3)C2)c1. The number of H-pyrrole nitrogens is 1. The second-order valence-corrected chi connectivity index (χ2v) is 8.88. The van der Waals surface area contributed by atoms with Crippen molar-refractivity contribution in [3.8, 4) is 28.0 Å². The van der Waals surface area contributed by atoms with E-state index < -0.39 is 0 Å². The van der Waals surface area contributed by atoms with Gasteiger partial charge in [-0.2, -0.15) is 5.10 Å². The van der Waals surface area contributed by atoms with Gasteiger partial charge in [-0.3, -0.25) is 14.7 Å². The Labute approximate surface area is 208 Å². The molecule has 0 spiro atoms. The molecule has 1 aliphatic heterocycles. The molecule has 2 aromatic carbocycles. The van der Waals surface area contributed by atoms with Gasteiger partial charge in [-0.15, -0.1) is 0 Å². The molecule has 0 bridgehead atoms. The summed E-state index contributed by atoms with van der Waals surface area (Å²) in [6.07, 6.45) is 4.02. The molecule has 36 heavy (non-hydrogen) atoms. The number of anilines is 1. The number of aromatic amines is 1. The van der Waals surface area contributed by atoms with Crippen LogP contribution in [0.25, 0.3) is 22.3 Å². The normalized spacial score (nSPS) is 15.1. The summed E-state index contributed by atoms with van der Waals surface area (Å²) in [7, 11) is 0. The number of nitrogen functional groups attached to an aromatic ring is 1. The second-order valence-electron chi connectivity index (χ2n) is 8.88. The number of phenols is 1. The van der Waals surface area contributed by atoms with Gasteiger partial charge in [-0.25, -0.2) is 4.98 Å². The van der Waals surface area contributed by atoms with Crippen LogP contribution in [0, 0.1) is 6.92 Å². The summed E-state index contributed by atoms with van der Waals surface area (Å²) in [5.41, 5.74) is 11.2. The monoisotopic (exact) mass is 482 g/mol. The van der Waals surface area contributed by atoms with Crippen LogP contribution in [0.4, 0.5) is 5.82 Å². The van der Waals surface area contributed by atoms with Crippen molar-refractivity contribution in [1.82, 2.24) is 25.4 Å². The molecule has 3 heterocycles. The van der Waals surface area contributed by atoms with Crippen molar-refractivity contribution in [2.24, 2.45) is 0 Å². The maximum Gasteiger partial charge on any atom is 0.255 e. The van der Waals surface area contributed by atoms with Crippen LogP contribution in [0.15, 0.2) is 67.0 Å². The van der Waals surface area contributed by atoms with Crippen molar-refractivity contribution in [3.63, 3.8) is 0 Å². The number of carbonyl (C=O) groups excluding carboxylic acids is 2. The van der Waals surface area contributed by atoms with Crippen molar-refractivity contribution in [2.45, 2.75) is 19.4 Å². The zero-order valence-electron chi connectivity index (χ0n) is 19.7. The van der Waals surface area contributed by atoms with Crippen LogP contribution < -0.4 is 11.1 Å². The van der Waals surface area contributed by atoms with Gasteiger partial charge in [0.2, 0.25) is 0 Å². The highest BCUT2D eigenvalue weighted by molar-refractivity contribution is 6.00. The first-order valence-electron chi connectivity index (χ1n) is 11.6. The number of aromatic hydroxyl groups is 1. The third-order valence-corrected chi connectivity index (χ3v) is 6.45. The van der Waals surface area contributed by atoms with E-state index >= 15 is 0 Å². The van der Waals surface area contributed by atoms with E-state index in [1.54, 1.807) is 47.6 Å². The summed E-state index contributed by atoms with van der Waals surface area (Å²) in [5, 5.41) is 19.4. The van der Waals surface area contributed by atoms with E-state index in [1.165, 1.54) is 0 Å². The Morgan fingerprint density at radius 1 is 1.08 bits per heavy atom. The van der Waals surface area contributed by atoms with Gasteiger partial charge in [0.25, 0.3) is 11.8 Å². The fraction of sp³-hybridized carbons (Fsp3) is 0.185. The molecular weight excluding hydrogens is 456 g/mol. The second kappa shape index (κ2) is 9.53. The van der Waals surface area contributed by atoms with Gasteiger partial charge < -0.3 is 21.1 Å². The number of hydrogen-bond acceptors (Lipinski definition) is 6. The van der Waals surface area contributed by atoms with Crippen molar-refractivity contribution >= 4 is 17.6 Å². The molecular formula is C27H26N6O3. The third kappa shape index (κ3) is 4.63. The van der Waals surface area contributed by atoms with Crippen molar-refractivity contribution in [2.75, 3.05) is 18.8 Å². The number of benzene rings is 2. The lowest BCUT2D eigenvalue weighted by atomic mass is 10.0. The molecule has 5 rings (SSSR count). The first-order chi connectivity index (χ1) is 17.4. The summed E-state index contributed by atoms with van der Waals surface area (Å²) in [6, 6.07) is 15.8. The first-order valence-corrected chi connectivity index (χ1v) is 11.6. The van der Waals surface area contributed by atoms with Gasteiger partial charge in [-0.05, 0) is 54.8 Å². The molecule has 0 radical (unpaired) electrons. The maximum absolute atomic E-state index is 13.0. The number of nitrogens with zero attached hydrogens (tertiary/aromatic N) is 3. The molecule has 0 aliphatic carbocycles. The number of nitrogens with two attached hydrogens (primary N) is 1. The number of phenolic OH excluding ortho intramolecular Hbond substituents is 1. The van der Waals surface area contributed by atoms with E-state index in [-0.39, 0.29) is 29.4 Å². The Hall–Kier alpha value is -4.66. The molecule has 182 valence electrons. The van der Waals surface area contributed by atoms with Crippen LogP contribution in [0.2, 0.25) is 0 Å². The number of pyridine rings is 1. The highest BCUT2D eigenvalue weighted by Gasteiger charge is 2.29. The van der Waals surface area contributed by atoms with Crippen LogP contribution in [-0.4, -0.2) is 56.1 Å². The van der Waals surface area contributed by atoms with Gasteiger partial charge in [-0.1, -0.05) is 24.3 Å². The quantitative estimate of drug-likeness (QED) is 0.344. The average molecular weight is 483 g/mol. The fourth-order valence-corrected chi connectivity index (χ4v) is 4.42. The first kappa shape index (κ1) is 23.1. The Morgan fingerprint density at radius 2 is 1.78 bits per heavy atom. The summed E-state index contributed by atoms with van der Waals surface area (Å²) >= 11 is 0. The summed E-state index contributed by atoms with van der Waals surface area (Å²) in [5.74, 6) is -0.0406. The summed E-state index contributed by atoms with van der Waals surface area (Å²) in [6.45, 7) is 2.83. The molecule has 1 atom stereocenters. The van der Waals surface area contributed by atoms with Gasteiger partial charge in [0, 0.05) is 48.2 Å². The minimum atomic E-state index is -0.319. The minimum absolute atomic E-state index is 0.0809. The fourth-order valence-electron chi connectivity index (χ4n) is 4.42. The number of carbonyl (C=O) groups is 2. The van der Waals surface area contributed by atoms with Crippen molar-refractivity contribution in [3.05, 3.63) is 83.8 Å². The standard InChI is InChI=1S/C27H26N6O3/c1-16-24(14-30-32-16)20-12-23(25(28)29-13-20)26(35)31-21-10-11-33(15-21)27(36)19-4-2-17(3-5-19)18-6-8-22(34)9-7-18/h2-9,12-14,21,34H,10-11,15H2,1H3,(H2,28,29)(H,30,32)(H,31,35)/t21-/m1/s1. The van der Waals surface area contributed by atoms with E-state index in [4.69, 9.17) is 5.73 Å². The number of rotatable bonds is 5. The smallest absolute Gasteiger partial charge is 0.255 e. The van der Waals surface area contributed by atoms with Crippen molar-refractivity contribution < 1.29 is 14.7 Å². The van der Waals surface area contributed by atoms with Crippen molar-refractivity contribution in [1.29, 1.82) is 0 Å². The molecule has 5 N–H and O–H groups in total. The molecule has 4 aromatic rings. The predicted octanol–water partition coefficient (Wildman–Crippen LogP) is 3.38. The number of amides is 2. The summed E-state index contributed by atoms with van der Waals surface area (Å²) in [4.78, 5) is 32.0. The zero-order valence-corrected chi connectivity index (χ0v) is 19.7. The van der Waals surface area contributed by atoms with E-state index in [1.807, 2.05) is 31.2 Å². The number of hydrogen-bond donors (Lipinski definition) is 4. The van der Waals surface area contributed by atoms with E-state index in [0.717, 1.165) is 27.9 Å². The van der Waals surface area contributed by atoms with Crippen LogP contribution in [0.1, 0.15) is 32.8 Å². The van der Waals surface area contributed by atoms with Crippen LogP contribution in [-0.2, 0) is 0 Å². The maximum atomic E-state index is 13.0. The molecule has 1 saturated heterocycles. The molecule has 0 unspecified atom stereocenters. The molecule has 0 saturated carbocycles. The zero-order chi connectivity index (χ0) is 25.2. The van der Waals surface area contributed by atoms with E-state index in [2.05, 4.69) is 20.5 Å². The van der Waals surface area contributed by atoms with E-state index in [9.17, 15) is 14.7 Å². The molecule has 2 amide bonds. The van der Waals surface area contributed by atoms with Gasteiger partial charge in [0.15, 0.2) is 0 Å². The van der Waals surface area contributed by atoms with Crippen LogP contribution in [0.3, 0.4) is 0 Å². The van der Waals surface area contributed by atoms with Gasteiger partial charge in [0.1, 0.15) is 11.6 Å². The number of nitrogens with one attached hydrogen (secondary N) is 2. The minimum Gasteiger partial charge on any atom is -0.508 e. The Kier molecular flexibility index (Phi) is 6.12. The lowest BCUT2D eigenvalue weighted by molar-refractivity contribution is 0.0783. The Morgan fingerprint density at radius 3 is 2.44 bits per heavy atom. The predicted molar refractivity (Wildman–Crippen MR) is 136 cm³/mol. The number of aromatic nitrogens is 3. The van der Waals surface area contributed by atoms with E-state index in [0.29, 0.717) is 30.6 Å². The lowest BCUT2D eigenvalue weighted by Gasteiger charge is -2.18. The molecule has 9 heteroatoms. The number of aryl methyl sites for hydroxylation is 1. The summed E-state index contributed by atoms with van der Waals surface area (Å²) < 4.78 is 0. The molecule has 9 nitrogen and oxygen atoms in total.